The summed E-state index contributed by atoms with van der Waals surface area (Å²) in [6, 6.07) is 12.6. The van der Waals surface area contributed by atoms with Crippen LogP contribution >= 0.6 is 11.6 Å². The number of amides is 2. The molecule has 0 aromatic heterocycles. The number of piperazine rings is 1. The first-order chi connectivity index (χ1) is 14.7. The number of nitrogens with one attached hydrogen (secondary N) is 1. The van der Waals surface area contributed by atoms with E-state index in [1.807, 2.05) is 50.8 Å². The van der Waals surface area contributed by atoms with Gasteiger partial charge in [-0.05, 0) is 50.2 Å². The molecule has 0 aliphatic carbocycles. The van der Waals surface area contributed by atoms with Crippen LogP contribution in [0.25, 0.3) is 0 Å². The van der Waals surface area contributed by atoms with Crippen molar-refractivity contribution >= 4 is 34.8 Å². The van der Waals surface area contributed by atoms with Crippen LogP contribution in [0.5, 0.6) is 5.75 Å². The molecule has 2 amide bonds. The number of rotatable bonds is 6. The monoisotopic (exact) mass is 443 g/mol. The number of ether oxygens (including phenoxy) is 1. The van der Waals surface area contributed by atoms with Crippen LogP contribution in [-0.4, -0.2) is 49.0 Å². The van der Waals surface area contributed by atoms with Crippen molar-refractivity contribution in [3.8, 4) is 5.75 Å². The van der Waals surface area contributed by atoms with Gasteiger partial charge >= 0.3 is 0 Å². The second kappa shape index (κ2) is 10.1. The van der Waals surface area contributed by atoms with Gasteiger partial charge in [-0.3, -0.25) is 9.59 Å². The Bertz CT molecular complexity index is 937. The number of carbonyl (C=O) groups is 2. The first-order valence-corrected chi connectivity index (χ1v) is 11.0. The molecule has 3 rings (SSSR count). The minimum atomic E-state index is -0.230. The molecule has 1 saturated heterocycles. The summed E-state index contributed by atoms with van der Waals surface area (Å²) in [5.41, 5.74) is 2.05. The smallest absolute Gasteiger partial charge is 0.255 e. The number of hydrogen-bond donors (Lipinski definition) is 1. The van der Waals surface area contributed by atoms with E-state index in [4.69, 9.17) is 16.3 Å². The van der Waals surface area contributed by atoms with E-state index in [2.05, 4.69) is 10.2 Å². The van der Waals surface area contributed by atoms with E-state index < -0.39 is 0 Å². The Morgan fingerprint density at radius 3 is 2.35 bits per heavy atom. The van der Waals surface area contributed by atoms with Gasteiger partial charge in [0.05, 0.1) is 17.5 Å². The number of halogens is 1. The van der Waals surface area contributed by atoms with Gasteiger partial charge in [0.1, 0.15) is 5.75 Å². The summed E-state index contributed by atoms with van der Waals surface area (Å²) in [7, 11) is 0. The minimum absolute atomic E-state index is 0.00706. The maximum atomic E-state index is 12.9. The third kappa shape index (κ3) is 5.91. The van der Waals surface area contributed by atoms with Crippen molar-refractivity contribution in [1.82, 2.24) is 4.90 Å². The summed E-state index contributed by atoms with van der Waals surface area (Å²) in [4.78, 5) is 29.3. The second-order valence-electron chi connectivity index (χ2n) is 8.28. The molecule has 0 saturated carbocycles. The fourth-order valence-electron chi connectivity index (χ4n) is 3.59. The molecule has 0 atom stereocenters. The standard InChI is InChI=1S/C24H30ClN3O3/c1-16(2)24(30)28-12-10-27(11-13-28)22-9-8-19(25)15-21(22)26-23(29)18-6-5-7-20(14-18)31-17(3)4/h5-9,14-17H,10-13H2,1-4H3,(H,26,29). The Labute approximate surface area is 189 Å². The quantitative estimate of drug-likeness (QED) is 0.703. The number of benzene rings is 2. The van der Waals surface area contributed by atoms with Gasteiger partial charge in [-0.1, -0.05) is 31.5 Å². The Kier molecular flexibility index (Phi) is 7.44. The van der Waals surface area contributed by atoms with Crippen molar-refractivity contribution in [3.63, 3.8) is 0 Å². The average Bonchev–Trinajstić information content (AvgIpc) is 2.73. The van der Waals surface area contributed by atoms with E-state index >= 15 is 0 Å². The predicted molar refractivity (Wildman–Crippen MR) is 125 cm³/mol. The van der Waals surface area contributed by atoms with Crippen molar-refractivity contribution in [2.45, 2.75) is 33.8 Å². The second-order valence-corrected chi connectivity index (χ2v) is 8.71. The number of nitrogens with zero attached hydrogens (tertiary/aromatic N) is 2. The van der Waals surface area contributed by atoms with E-state index in [0.29, 0.717) is 48.2 Å². The number of hydrogen-bond acceptors (Lipinski definition) is 4. The Morgan fingerprint density at radius 1 is 1.00 bits per heavy atom. The highest BCUT2D eigenvalue weighted by atomic mass is 35.5. The molecule has 1 aliphatic heterocycles. The van der Waals surface area contributed by atoms with Gasteiger partial charge in [0.15, 0.2) is 0 Å². The van der Waals surface area contributed by atoms with Crippen molar-refractivity contribution in [2.24, 2.45) is 5.92 Å². The Balaban J connectivity index is 1.75. The molecular formula is C24H30ClN3O3. The van der Waals surface area contributed by atoms with Crippen LogP contribution in [-0.2, 0) is 4.79 Å². The van der Waals surface area contributed by atoms with Crippen molar-refractivity contribution in [1.29, 1.82) is 0 Å². The van der Waals surface area contributed by atoms with Crippen LogP contribution < -0.4 is 15.0 Å². The molecule has 0 spiro atoms. The molecule has 1 N–H and O–H groups in total. The van der Waals surface area contributed by atoms with E-state index in [1.54, 1.807) is 24.3 Å². The molecular weight excluding hydrogens is 414 g/mol. The third-order valence-corrected chi connectivity index (χ3v) is 5.34. The molecule has 2 aromatic rings. The largest absolute Gasteiger partial charge is 0.491 e. The zero-order valence-electron chi connectivity index (χ0n) is 18.5. The molecule has 166 valence electrons. The molecule has 1 aliphatic rings. The summed E-state index contributed by atoms with van der Waals surface area (Å²) in [6.45, 7) is 10.4. The summed E-state index contributed by atoms with van der Waals surface area (Å²) in [6.07, 6.45) is 0.0269. The average molecular weight is 444 g/mol. The van der Waals surface area contributed by atoms with Crippen LogP contribution in [0.3, 0.4) is 0 Å². The van der Waals surface area contributed by atoms with Gasteiger partial charge in [0.2, 0.25) is 5.91 Å². The molecule has 0 bridgehead atoms. The Morgan fingerprint density at radius 2 is 1.71 bits per heavy atom. The van der Waals surface area contributed by atoms with Gasteiger partial charge in [-0.25, -0.2) is 0 Å². The molecule has 31 heavy (non-hydrogen) atoms. The lowest BCUT2D eigenvalue weighted by atomic mass is 10.1. The zero-order valence-corrected chi connectivity index (χ0v) is 19.3. The van der Waals surface area contributed by atoms with Gasteiger partial charge in [0, 0.05) is 42.7 Å². The van der Waals surface area contributed by atoms with Gasteiger partial charge < -0.3 is 19.9 Å². The molecule has 1 fully saturated rings. The molecule has 7 heteroatoms. The molecule has 0 radical (unpaired) electrons. The molecule has 0 unspecified atom stereocenters. The minimum Gasteiger partial charge on any atom is -0.491 e. The van der Waals surface area contributed by atoms with E-state index in [9.17, 15) is 9.59 Å². The predicted octanol–water partition coefficient (Wildman–Crippen LogP) is 4.68. The summed E-state index contributed by atoms with van der Waals surface area (Å²) >= 11 is 6.22. The first kappa shape index (κ1) is 22.9. The van der Waals surface area contributed by atoms with Crippen molar-refractivity contribution in [3.05, 3.63) is 53.1 Å². The number of carbonyl (C=O) groups excluding carboxylic acids is 2. The fourth-order valence-corrected chi connectivity index (χ4v) is 3.77. The third-order valence-electron chi connectivity index (χ3n) is 5.10. The van der Waals surface area contributed by atoms with Crippen LogP contribution in [0.1, 0.15) is 38.1 Å². The van der Waals surface area contributed by atoms with Crippen molar-refractivity contribution in [2.75, 3.05) is 36.4 Å². The van der Waals surface area contributed by atoms with Crippen LogP contribution in [0.2, 0.25) is 5.02 Å². The summed E-state index contributed by atoms with van der Waals surface area (Å²) in [5.74, 6) is 0.589. The van der Waals surface area contributed by atoms with Crippen LogP contribution in [0, 0.1) is 5.92 Å². The summed E-state index contributed by atoms with van der Waals surface area (Å²) < 4.78 is 5.70. The van der Waals surface area contributed by atoms with E-state index in [-0.39, 0.29) is 23.8 Å². The van der Waals surface area contributed by atoms with E-state index in [1.165, 1.54) is 0 Å². The van der Waals surface area contributed by atoms with Crippen LogP contribution in [0.4, 0.5) is 11.4 Å². The fraction of sp³-hybridized carbons (Fsp3) is 0.417. The highest BCUT2D eigenvalue weighted by Crippen LogP contribution is 2.31. The van der Waals surface area contributed by atoms with Gasteiger partial charge in [-0.15, -0.1) is 0 Å². The normalized spacial score (nSPS) is 14.2. The highest BCUT2D eigenvalue weighted by molar-refractivity contribution is 6.31. The maximum Gasteiger partial charge on any atom is 0.255 e. The van der Waals surface area contributed by atoms with E-state index in [0.717, 1.165) is 5.69 Å². The summed E-state index contributed by atoms with van der Waals surface area (Å²) in [5, 5.41) is 3.54. The van der Waals surface area contributed by atoms with Gasteiger partial charge in [-0.2, -0.15) is 0 Å². The van der Waals surface area contributed by atoms with Crippen LogP contribution in [0.15, 0.2) is 42.5 Å². The zero-order chi connectivity index (χ0) is 22.5. The lowest BCUT2D eigenvalue weighted by molar-refractivity contribution is -0.134. The lowest BCUT2D eigenvalue weighted by Crippen LogP contribution is -2.50. The topological polar surface area (TPSA) is 61.9 Å². The molecule has 6 nitrogen and oxygen atoms in total. The highest BCUT2D eigenvalue weighted by Gasteiger charge is 2.24. The number of anilines is 2. The first-order valence-electron chi connectivity index (χ1n) is 10.7. The SMILES string of the molecule is CC(C)Oc1cccc(C(=O)Nc2cc(Cl)ccc2N2CCN(C(=O)C(C)C)CC2)c1. The maximum absolute atomic E-state index is 12.9. The van der Waals surface area contributed by atoms with Gasteiger partial charge in [0.25, 0.3) is 5.91 Å². The van der Waals surface area contributed by atoms with Crippen molar-refractivity contribution < 1.29 is 14.3 Å². The lowest BCUT2D eigenvalue weighted by Gasteiger charge is -2.37. The Hall–Kier alpha value is -2.73. The molecule has 1 heterocycles. The molecule has 2 aromatic carbocycles.